The molecule has 0 aliphatic heterocycles. The Hall–Kier alpha value is -2.42. The fourth-order valence-electron chi connectivity index (χ4n) is 3.34. The standard InChI is InChI=1S/C23H28O3/c1-5-6-12-20(23(25)26-15-19-10-8-7-9-11-19)22(24)21-17(3)13-16(2)14-18(21)4/h7-11,13-14,20H,5-6,12,15H2,1-4H3. The number of hydrogen-bond acceptors (Lipinski definition) is 3. The molecule has 0 saturated carbocycles. The quantitative estimate of drug-likeness (QED) is 0.366. The predicted molar refractivity (Wildman–Crippen MR) is 104 cm³/mol. The second kappa shape index (κ2) is 9.33. The average Bonchev–Trinajstić information content (AvgIpc) is 2.60. The van der Waals surface area contributed by atoms with Crippen molar-refractivity contribution in [2.45, 2.75) is 53.6 Å². The van der Waals surface area contributed by atoms with Gasteiger partial charge in [-0.05, 0) is 43.9 Å². The van der Waals surface area contributed by atoms with Crippen LogP contribution in [0.15, 0.2) is 42.5 Å². The number of aryl methyl sites for hydroxylation is 3. The van der Waals surface area contributed by atoms with Crippen molar-refractivity contribution in [2.75, 3.05) is 0 Å². The molecule has 1 atom stereocenters. The van der Waals surface area contributed by atoms with Crippen LogP contribution in [0.4, 0.5) is 0 Å². The van der Waals surface area contributed by atoms with Crippen molar-refractivity contribution in [3.8, 4) is 0 Å². The largest absolute Gasteiger partial charge is 0.460 e. The Bertz CT molecular complexity index is 739. The zero-order valence-electron chi connectivity index (χ0n) is 16.2. The normalized spacial score (nSPS) is 11.8. The third-order valence-corrected chi connectivity index (χ3v) is 4.59. The van der Waals surface area contributed by atoms with Gasteiger partial charge in [-0.3, -0.25) is 9.59 Å². The Morgan fingerprint density at radius 3 is 2.19 bits per heavy atom. The van der Waals surface area contributed by atoms with Gasteiger partial charge in [-0.25, -0.2) is 0 Å². The minimum Gasteiger partial charge on any atom is -0.460 e. The number of Topliss-reactive ketones (excluding diaryl/α,β-unsaturated/α-hetero) is 1. The number of carbonyl (C=O) groups is 2. The molecule has 0 fully saturated rings. The summed E-state index contributed by atoms with van der Waals surface area (Å²) in [5.74, 6) is -1.28. The zero-order chi connectivity index (χ0) is 19.1. The Balaban J connectivity index is 2.20. The van der Waals surface area contributed by atoms with Crippen LogP contribution < -0.4 is 0 Å². The lowest BCUT2D eigenvalue weighted by atomic mass is 9.87. The molecule has 138 valence electrons. The van der Waals surface area contributed by atoms with Gasteiger partial charge in [0.25, 0.3) is 0 Å². The molecule has 26 heavy (non-hydrogen) atoms. The lowest BCUT2D eigenvalue weighted by Crippen LogP contribution is -2.27. The Kier molecular flexibility index (Phi) is 7.14. The molecule has 0 aliphatic rings. The van der Waals surface area contributed by atoms with E-state index in [4.69, 9.17) is 4.74 Å². The molecule has 0 radical (unpaired) electrons. The van der Waals surface area contributed by atoms with E-state index in [1.807, 2.05) is 63.2 Å². The summed E-state index contributed by atoms with van der Waals surface area (Å²) in [6.45, 7) is 8.12. The van der Waals surface area contributed by atoms with E-state index in [2.05, 4.69) is 6.92 Å². The van der Waals surface area contributed by atoms with Crippen molar-refractivity contribution in [3.05, 3.63) is 70.3 Å². The molecular formula is C23H28O3. The lowest BCUT2D eigenvalue weighted by Gasteiger charge is -2.18. The lowest BCUT2D eigenvalue weighted by molar-refractivity contribution is -0.148. The van der Waals surface area contributed by atoms with Crippen LogP contribution in [0.3, 0.4) is 0 Å². The van der Waals surface area contributed by atoms with Crippen LogP contribution in [0.2, 0.25) is 0 Å². The van der Waals surface area contributed by atoms with Crippen LogP contribution in [0.5, 0.6) is 0 Å². The van der Waals surface area contributed by atoms with Gasteiger partial charge in [0.1, 0.15) is 12.5 Å². The first-order valence-electron chi connectivity index (χ1n) is 9.26. The van der Waals surface area contributed by atoms with Gasteiger partial charge in [0.15, 0.2) is 5.78 Å². The molecule has 1 unspecified atom stereocenters. The summed E-state index contributed by atoms with van der Waals surface area (Å²) in [6.07, 6.45) is 2.28. The van der Waals surface area contributed by atoms with Crippen molar-refractivity contribution in [3.63, 3.8) is 0 Å². The summed E-state index contributed by atoms with van der Waals surface area (Å²) in [5.41, 5.74) is 4.54. The monoisotopic (exact) mass is 352 g/mol. The van der Waals surface area contributed by atoms with Gasteiger partial charge in [-0.1, -0.05) is 67.8 Å². The smallest absolute Gasteiger partial charge is 0.317 e. The van der Waals surface area contributed by atoms with E-state index in [-0.39, 0.29) is 12.4 Å². The first-order chi connectivity index (χ1) is 12.4. The molecule has 0 heterocycles. The molecule has 3 nitrogen and oxygen atoms in total. The number of unbranched alkanes of at least 4 members (excludes halogenated alkanes) is 1. The number of carbonyl (C=O) groups excluding carboxylic acids is 2. The average molecular weight is 352 g/mol. The van der Waals surface area contributed by atoms with Gasteiger partial charge < -0.3 is 4.74 Å². The first-order valence-corrected chi connectivity index (χ1v) is 9.26. The number of rotatable bonds is 8. The summed E-state index contributed by atoms with van der Waals surface area (Å²) in [7, 11) is 0. The molecule has 0 amide bonds. The SMILES string of the molecule is CCCCC(C(=O)OCc1ccccc1)C(=O)c1c(C)cc(C)cc1C. The highest BCUT2D eigenvalue weighted by Gasteiger charge is 2.30. The van der Waals surface area contributed by atoms with Gasteiger partial charge in [-0.2, -0.15) is 0 Å². The maximum Gasteiger partial charge on any atom is 0.317 e. The summed E-state index contributed by atoms with van der Waals surface area (Å²) < 4.78 is 5.47. The second-order valence-corrected chi connectivity index (χ2v) is 6.93. The van der Waals surface area contributed by atoms with E-state index < -0.39 is 11.9 Å². The molecule has 2 aromatic rings. The molecule has 0 bridgehead atoms. The Labute approximate surface area is 156 Å². The van der Waals surface area contributed by atoms with E-state index in [1.165, 1.54) is 0 Å². The topological polar surface area (TPSA) is 43.4 Å². The molecule has 3 heteroatoms. The van der Waals surface area contributed by atoms with Gasteiger partial charge in [-0.15, -0.1) is 0 Å². The third-order valence-electron chi connectivity index (χ3n) is 4.59. The van der Waals surface area contributed by atoms with Crippen molar-refractivity contribution < 1.29 is 14.3 Å². The van der Waals surface area contributed by atoms with Crippen LogP contribution in [-0.2, 0) is 16.1 Å². The van der Waals surface area contributed by atoms with E-state index in [0.29, 0.717) is 12.0 Å². The number of ether oxygens (including phenoxy) is 1. The van der Waals surface area contributed by atoms with Crippen molar-refractivity contribution in [1.82, 2.24) is 0 Å². The Morgan fingerprint density at radius 2 is 1.62 bits per heavy atom. The van der Waals surface area contributed by atoms with Gasteiger partial charge >= 0.3 is 5.97 Å². The number of ketones is 1. The number of esters is 1. The maximum absolute atomic E-state index is 13.2. The van der Waals surface area contributed by atoms with Crippen LogP contribution >= 0.6 is 0 Å². The second-order valence-electron chi connectivity index (χ2n) is 6.93. The highest BCUT2D eigenvalue weighted by molar-refractivity contribution is 6.10. The van der Waals surface area contributed by atoms with Crippen LogP contribution in [0.1, 0.15) is 58.8 Å². The van der Waals surface area contributed by atoms with Gasteiger partial charge in [0, 0.05) is 5.56 Å². The molecule has 0 spiro atoms. The predicted octanol–water partition coefficient (Wildman–Crippen LogP) is 5.34. The molecule has 0 N–H and O–H groups in total. The van der Waals surface area contributed by atoms with Crippen molar-refractivity contribution in [2.24, 2.45) is 5.92 Å². The van der Waals surface area contributed by atoms with E-state index in [9.17, 15) is 9.59 Å². The zero-order valence-corrected chi connectivity index (χ0v) is 16.2. The van der Waals surface area contributed by atoms with E-state index in [0.717, 1.165) is 35.1 Å². The fraction of sp³-hybridized carbons (Fsp3) is 0.391. The van der Waals surface area contributed by atoms with Gasteiger partial charge in [0.05, 0.1) is 0 Å². The highest BCUT2D eigenvalue weighted by atomic mass is 16.5. The minimum atomic E-state index is -0.737. The number of benzene rings is 2. The molecule has 2 aromatic carbocycles. The Morgan fingerprint density at radius 1 is 1.00 bits per heavy atom. The summed E-state index contributed by atoms with van der Waals surface area (Å²) >= 11 is 0. The van der Waals surface area contributed by atoms with Crippen LogP contribution in [0, 0.1) is 26.7 Å². The first kappa shape index (κ1) is 19.9. The molecule has 2 rings (SSSR count). The van der Waals surface area contributed by atoms with Crippen molar-refractivity contribution in [1.29, 1.82) is 0 Å². The third kappa shape index (κ3) is 5.04. The van der Waals surface area contributed by atoms with Crippen LogP contribution in [-0.4, -0.2) is 11.8 Å². The summed E-state index contributed by atoms with van der Waals surface area (Å²) in [5, 5.41) is 0. The van der Waals surface area contributed by atoms with Crippen LogP contribution in [0.25, 0.3) is 0 Å². The van der Waals surface area contributed by atoms with E-state index >= 15 is 0 Å². The highest BCUT2D eigenvalue weighted by Crippen LogP contribution is 2.24. The number of hydrogen-bond donors (Lipinski definition) is 0. The molecular weight excluding hydrogens is 324 g/mol. The van der Waals surface area contributed by atoms with Crippen molar-refractivity contribution >= 4 is 11.8 Å². The van der Waals surface area contributed by atoms with E-state index in [1.54, 1.807) is 0 Å². The molecule has 0 aromatic heterocycles. The maximum atomic E-state index is 13.2. The minimum absolute atomic E-state index is 0.119. The van der Waals surface area contributed by atoms with Gasteiger partial charge in [0.2, 0.25) is 0 Å². The summed E-state index contributed by atoms with van der Waals surface area (Å²) in [6, 6.07) is 13.5. The molecule has 0 aliphatic carbocycles. The summed E-state index contributed by atoms with van der Waals surface area (Å²) in [4.78, 5) is 25.8. The fourth-order valence-corrected chi connectivity index (χ4v) is 3.34. The molecule has 0 saturated heterocycles.